The van der Waals surface area contributed by atoms with E-state index in [9.17, 15) is 14.4 Å². The molecule has 5 N–H and O–H groups in total. The monoisotopic (exact) mass is 553 g/mol. The quantitative estimate of drug-likeness (QED) is 0.126. The predicted octanol–water partition coefficient (Wildman–Crippen LogP) is 1.09. The second-order valence-corrected chi connectivity index (χ2v) is 11.0. The normalized spacial score (nSPS) is 13.8. The molecule has 38 heavy (non-hydrogen) atoms. The molecular formula is C27H47N5O5S. The van der Waals surface area contributed by atoms with E-state index in [1.54, 1.807) is 7.05 Å². The smallest absolute Gasteiger partial charge is 0.328 e. The third-order valence-electron chi connectivity index (χ3n) is 6.39. The van der Waals surface area contributed by atoms with Crippen molar-refractivity contribution >= 4 is 29.5 Å². The Hall–Kier alpha value is -2.34. The van der Waals surface area contributed by atoms with Crippen molar-refractivity contribution in [2.45, 2.75) is 62.4 Å². The van der Waals surface area contributed by atoms with Gasteiger partial charge in [-0.15, -0.1) is 0 Å². The van der Waals surface area contributed by atoms with E-state index in [4.69, 9.17) is 9.47 Å². The van der Waals surface area contributed by atoms with Crippen LogP contribution in [0.15, 0.2) is 24.3 Å². The van der Waals surface area contributed by atoms with Crippen molar-refractivity contribution in [3.63, 3.8) is 0 Å². The molecule has 3 atom stereocenters. The molecule has 0 heterocycles. The molecule has 0 unspecified atom stereocenters. The van der Waals surface area contributed by atoms with Gasteiger partial charge in [0, 0.05) is 17.7 Å². The Morgan fingerprint density at radius 1 is 0.921 bits per heavy atom. The molecule has 0 aliphatic carbocycles. The van der Waals surface area contributed by atoms with E-state index >= 15 is 0 Å². The molecule has 1 aromatic rings. The van der Waals surface area contributed by atoms with Gasteiger partial charge < -0.3 is 36.1 Å². The van der Waals surface area contributed by atoms with E-state index in [0.29, 0.717) is 13.0 Å². The topological polar surface area (TPSA) is 130 Å². The number of hydrogen-bond donors (Lipinski definition) is 5. The third kappa shape index (κ3) is 11.6. The maximum absolute atomic E-state index is 13.5. The lowest BCUT2D eigenvalue weighted by Crippen LogP contribution is -2.61. The molecule has 0 bridgehead atoms. The van der Waals surface area contributed by atoms with E-state index in [0.717, 1.165) is 37.2 Å². The van der Waals surface area contributed by atoms with Crippen molar-refractivity contribution < 1.29 is 23.9 Å². The lowest BCUT2D eigenvalue weighted by atomic mass is 9.99. The van der Waals surface area contributed by atoms with E-state index < -0.39 is 34.7 Å². The summed E-state index contributed by atoms with van der Waals surface area (Å²) in [4.78, 5) is 39.2. The van der Waals surface area contributed by atoms with E-state index in [2.05, 4.69) is 26.6 Å². The van der Waals surface area contributed by atoms with Crippen LogP contribution < -0.4 is 31.3 Å². The number of esters is 1. The van der Waals surface area contributed by atoms with Crippen molar-refractivity contribution in [1.29, 1.82) is 0 Å². The second kappa shape index (κ2) is 18.0. The summed E-state index contributed by atoms with van der Waals surface area (Å²) in [6, 6.07) is 5.16. The van der Waals surface area contributed by atoms with Gasteiger partial charge in [0.1, 0.15) is 24.4 Å². The van der Waals surface area contributed by atoms with E-state index in [-0.39, 0.29) is 12.3 Å². The molecule has 0 spiro atoms. The molecule has 2 amide bonds. The van der Waals surface area contributed by atoms with Gasteiger partial charge in [0.2, 0.25) is 11.8 Å². The van der Waals surface area contributed by atoms with Gasteiger partial charge in [0.05, 0.1) is 13.2 Å². The number of hydrogen-bond acceptors (Lipinski definition) is 9. The Bertz CT molecular complexity index is 853. The largest absolute Gasteiger partial charge is 0.492 e. The Morgan fingerprint density at radius 2 is 1.58 bits per heavy atom. The first-order chi connectivity index (χ1) is 18.1. The zero-order valence-electron chi connectivity index (χ0n) is 23.9. The van der Waals surface area contributed by atoms with Gasteiger partial charge in [0.25, 0.3) is 0 Å². The van der Waals surface area contributed by atoms with Crippen LogP contribution in [0.25, 0.3) is 0 Å². The lowest BCUT2D eigenvalue weighted by molar-refractivity contribution is -0.145. The van der Waals surface area contributed by atoms with Crippen LogP contribution in [0.5, 0.6) is 5.75 Å². The molecule has 0 aromatic heterocycles. The molecule has 1 rings (SSSR count). The first kappa shape index (κ1) is 33.7. The molecule has 1 aromatic carbocycles. The fraction of sp³-hybridized carbons (Fsp3) is 0.667. The summed E-state index contributed by atoms with van der Waals surface area (Å²) in [5.41, 5.74) is 0.836. The van der Waals surface area contributed by atoms with E-state index in [1.807, 2.05) is 58.5 Å². The fourth-order valence-corrected chi connectivity index (χ4v) is 4.19. The standard InChI is InChI=1S/C27H47N5O5S/c1-27(2,38-7)23(32-24(33)21(30-5)10-8-9-15-28-3)25(34)31-22(26(35)36-6)18-19-11-13-20(14-12-19)37-17-16-29-4/h11-14,21-23,28-30H,8-10,15-18H2,1-7H3,(H,31,34)(H,32,33)/t21-,22-,23+/m0/s1. The van der Waals surface area contributed by atoms with Gasteiger partial charge in [-0.2, -0.15) is 11.8 Å². The van der Waals surface area contributed by atoms with Gasteiger partial charge in [-0.3, -0.25) is 9.59 Å². The van der Waals surface area contributed by atoms with Gasteiger partial charge in [-0.25, -0.2) is 4.79 Å². The second-order valence-electron chi connectivity index (χ2n) is 9.57. The Morgan fingerprint density at radius 3 is 2.13 bits per heavy atom. The summed E-state index contributed by atoms with van der Waals surface area (Å²) in [7, 11) is 6.78. The zero-order chi connectivity index (χ0) is 28.6. The van der Waals surface area contributed by atoms with Crippen LogP contribution in [0, 0.1) is 0 Å². The maximum atomic E-state index is 13.5. The Labute approximate surface area is 232 Å². The van der Waals surface area contributed by atoms with Crippen LogP contribution in [0.1, 0.15) is 38.7 Å². The number of thioether (sulfide) groups is 1. The molecular weight excluding hydrogens is 506 g/mol. The number of likely N-dealkylation sites (N-methyl/N-ethyl adjacent to an activating group) is 2. The van der Waals surface area contributed by atoms with Gasteiger partial charge >= 0.3 is 5.97 Å². The van der Waals surface area contributed by atoms with Crippen LogP contribution in [-0.4, -0.2) is 94.9 Å². The number of methoxy groups -OCH3 is 1. The first-order valence-electron chi connectivity index (χ1n) is 13.0. The minimum absolute atomic E-state index is 0.236. The highest BCUT2D eigenvalue weighted by molar-refractivity contribution is 8.00. The summed E-state index contributed by atoms with van der Waals surface area (Å²) in [6.45, 7) is 5.93. The molecule has 0 fully saturated rings. The molecule has 0 aliphatic rings. The van der Waals surface area contributed by atoms with Gasteiger partial charge in [0.15, 0.2) is 0 Å². The number of ether oxygens (including phenoxy) is 2. The highest BCUT2D eigenvalue weighted by Gasteiger charge is 2.38. The number of benzene rings is 1. The molecule has 10 nitrogen and oxygen atoms in total. The third-order valence-corrected chi connectivity index (χ3v) is 7.68. The van der Waals surface area contributed by atoms with Crippen molar-refractivity contribution in [3.8, 4) is 5.75 Å². The van der Waals surface area contributed by atoms with Crippen LogP contribution in [0.4, 0.5) is 0 Å². The molecule has 0 aliphatic heterocycles. The minimum Gasteiger partial charge on any atom is -0.492 e. The van der Waals surface area contributed by atoms with Crippen LogP contribution in [0.2, 0.25) is 0 Å². The van der Waals surface area contributed by atoms with Crippen LogP contribution in [0.3, 0.4) is 0 Å². The average molecular weight is 554 g/mol. The summed E-state index contributed by atoms with van der Waals surface area (Å²) in [5, 5.41) is 14.9. The van der Waals surface area contributed by atoms with Crippen LogP contribution in [-0.2, 0) is 25.5 Å². The number of carbonyl (C=O) groups is 3. The molecule has 0 saturated heterocycles. The van der Waals surface area contributed by atoms with Crippen molar-refractivity contribution in [2.75, 3.05) is 54.2 Å². The fourth-order valence-electron chi connectivity index (χ4n) is 3.79. The van der Waals surface area contributed by atoms with Crippen molar-refractivity contribution in [1.82, 2.24) is 26.6 Å². The number of unbranched alkanes of at least 4 members (excludes halogenated alkanes) is 1. The summed E-state index contributed by atoms with van der Waals surface area (Å²) in [5.74, 6) is -0.526. The first-order valence-corrected chi connectivity index (χ1v) is 14.3. The van der Waals surface area contributed by atoms with Gasteiger partial charge in [-0.1, -0.05) is 18.6 Å². The lowest BCUT2D eigenvalue weighted by Gasteiger charge is -2.34. The summed E-state index contributed by atoms with van der Waals surface area (Å²) in [6.07, 6.45) is 4.59. The van der Waals surface area contributed by atoms with E-state index in [1.165, 1.54) is 18.9 Å². The SMILES string of the molecule is CNCCCC[C@H](NC)C(=O)N[C@H](C(=O)N[C@@H](Cc1ccc(OCCNC)cc1)C(=O)OC)C(C)(C)SC. The highest BCUT2D eigenvalue weighted by atomic mass is 32.2. The summed E-state index contributed by atoms with van der Waals surface area (Å²) < 4.78 is 9.99. The Balaban J connectivity index is 2.98. The molecule has 216 valence electrons. The number of amides is 2. The maximum Gasteiger partial charge on any atom is 0.328 e. The summed E-state index contributed by atoms with van der Waals surface area (Å²) >= 11 is 1.47. The number of rotatable bonds is 19. The van der Waals surface area contributed by atoms with Crippen LogP contribution >= 0.6 is 11.8 Å². The highest BCUT2D eigenvalue weighted by Crippen LogP contribution is 2.26. The number of carbonyl (C=O) groups excluding carboxylic acids is 3. The minimum atomic E-state index is -0.915. The van der Waals surface area contributed by atoms with Gasteiger partial charge in [-0.05, 0) is 78.3 Å². The molecule has 0 radical (unpaired) electrons. The Kier molecular flexibility index (Phi) is 16.0. The molecule has 0 saturated carbocycles. The van der Waals surface area contributed by atoms with Crippen molar-refractivity contribution in [2.24, 2.45) is 0 Å². The predicted molar refractivity (Wildman–Crippen MR) is 154 cm³/mol. The van der Waals surface area contributed by atoms with Crippen molar-refractivity contribution in [3.05, 3.63) is 29.8 Å². The number of nitrogens with one attached hydrogen (secondary N) is 5. The molecule has 11 heteroatoms. The average Bonchev–Trinajstić information content (AvgIpc) is 2.91. The zero-order valence-corrected chi connectivity index (χ0v) is 24.8.